The molecule has 7 heteroatoms. The minimum atomic E-state index is -0.797. The SMILES string of the molecule is CC[C@H](Oc1ccc(F)cc1)C(=O)Nc1cccc([N+](=O)[O-])c1C. The van der Waals surface area contributed by atoms with Gasteiger partial charge in [0.15, 0.2) is 6.10 Å². The highest BCUT2D eigenvalue weighted by molar-refractivity contribution is 5.95. The van der Waals surface area contributed by atoms with Gasteiger partial charge < -0.3 is 10.1 Å². The molecule has 6 nitrogen and oxygen atoms in total. The van der Waals surface area contributed by atoms with Crippen LogP contribution < -0.4 is 10.1 Å². The molecule has 1 atom stereocenters. The molecule has 0 aromatic heterocycles. The Hall–Kier alpha value is -2.96. The number of rotatable bonds is 6. The van der Waals surface area contributed by atoms with Crippen molar-refractivity contribution < 1.29 is 18.8 Å². The van der Waals surface area contributed by atoms with E-state index in [-0.39, 0.29) is 5.69 Å². The van der Waals surface area contributed by atoms with Crippen LogP contribution in [0.3, 0.4) is 0 Å². The number of anilines is 1. The summed E-state index contributed by atoms with van der Waals surface area (Å²) in [7, 11) is 0. The van der Waals surface area contributed by atoms with E-state index in [4.69, 9.17) is 4.74 Å². The minimum Gasteiger partial charge on any atom is -0.481 e. The number of benzene rings is 2. The Labute approximate surface area is 138 Å². The van der Waals surface area contributed by atoms with E-state index in [1.54, 1.807) is 19.9 Å². The van der Waals surface area contributed by atoms with Crippen LogP contribution >= 0.6 is 0 Å². The summed E-state index contributed by atoms with van der Waals surface area (Å²) in [6.45, 7) is 3.34. The van der Waals surface area contributed by atoms with Crippen LogP contribution in [0.5, 0.6) is 5.75 Å². The molecule has 0 aliphatic rings. The number of carbonyl (C=O) groups is 1. The van der Waals surface area contributed by atoms with Gasteiger partial charge in [0.25, 0.3) is 11.6 Å². The first kappa shape index (κ1) is 17.4. The Kier molecular flexibility index (Phi) is 5.47. The van der Waals surface area contributed by atoms with E-state index in [0.29, 0.717) is 23.4 Å². The summed E-state index contributed by atoms with van der Waals surface area (Å²) in [5.74, 6) is -0.452. The molecule has 1 N–H and O–H groups in total. The topological polar surface area (TPSA) is 81.5 Å². The van der Waals surface area contributed by atoms with E-state index in [1.165, 1.54) is 36.4 Å². The second-order valence-corrected chi connectivity index (χ2v) is 5.16. The lowest BCUT2D eigenvalue weighted by atomic mass is 10.1. The average molecular weight is 332 g/mol. The molecule has 126 valence electrons. The van der Waals surface area contributed by atoms with Crippen molar-refractivity contribution in [1.82, 2.24) is 0 Å². The largest absolute Gasteiger partial charge is 0.481 e. The van der Waals surface area contributed by atoms with Crippen molar-refractivity contribution in [3.05, 3.63) is 64.0 Å². The molecule has 2 aromatic carbocycles. The predicted octanol–water partition coefficient (Wildman–Crippen LogP) is 3.84. The summed E-state index contributed by atoms with van der Waals surface area (Å²) in [6.07, 6.45) is -0.411. The van der Waals surface area contributed by atoms with E-state index in [1.807, 2.05) is 0 Å². The maximum atomic E-state index is 12.9. The van der Waals surface area contributed by atoms with Gasteiger partial charge in [0.1, 0.15) is 11.6 Å². The Morgan fingerprint density at radius 3 is 2.54 bits per heavy atom. The normalized spacial score (nSPS) is 11.6. The van der Waals surface area contributed by atoms with E-state index in [2.05, 4.69) is 5.32 Å². The molecule has 0 heterocycles. The van der Waals surface area contributed by atoms with E-state index < -0.39 is 22.8 Å². The van der Waals surface area contributed by atoms with Gasteiger partial charge in [-0.15, -0.1) is 0 Å². The van der Waals surface area contributed by atoms with E-state index >= 15 is 0 Å². The molecular formula is C17H17FN2O4. The zero-order valence-electron chi connectivity index (χ0n) is 13.3. The van der Waals surface area contributed by atoms with Gasteiger partial charge in [0, 0.05) is 6.07 Å². The van der Waals surface area contributed by atoms with Gasteiger partial charge in [-0.1, -0.05) is 13.0 Å². The zero-order chi connectivity index (χ0) is 17.7. The second kappa shape index (κ2) is 7.54. The average Bonchev–Trinajstić information content (AvgIpc) is 2.55. The summed E-state index contributed by atoms with van der Waals surface area (Å²) in [4.78, 5) is 22.8. The first-order chi connectivity index (χ1) is 11.4. The van der Waals surface area contributed by atoms with E-state index in [0.717, 1.165) is 0 Å². The quantitative estimate of drug-likeness (QED) is 0.644. The third-order valence-corrected chi connectivity index (χ3v) is 3.51. The first-order valence-electron chi connectivity index (χ1n) is 7.39. The van der Waals surface area contributed by atoms with Crippen LogP contribution in [0, 0.1) is 22.9 Å². The van der Waals surface area contributed by atoms with Crippen molar-refractivity contribution in [2.75, 3.05) is 5.32 Å². The van der Waals surface area contributed by atoms with Crippen molar-refractivity contribution in [1.29, 1.82) is 0 Å². The molecule has 2 aromatic rings. The maximum Gasteiger partial charge on any atom is 0.274 e. The first-order valence-corrected chi connectivity index (χ1v) is 7.39. The predicted molar refractivity (Wildman–Crippen MR) is 87.6 cm³/mol. The Morgan fingerprint density at radius 1 is 1.29 bits per heavy atom. The molecule has 0 saturated heterocycles. The van der Waals surface area contributed by atoms with Crippen molar-refractivity contribution in [3.8, 4) is 5.75 Å². The van der Waals surface area contributed by atoms with Gasteiger partial charge in [0.2, 0.25) is 0 Å². The third-order valence-electron chi connectivity index (χ3n) is 3.51. The highest BCUT2D eigenvalue weighted by Gasteiger charge is 2.21. The van der Waals surface area contributed by atoms with Gasteiger partial charge in [-0.05, 0) is 43.7 Å². The van der Waals surface area contributed by atoms with E-state index in [9.17, 15) is 19.3 Å². The monoisotopic (exact) mass is 332 g/mol. The van der Waals surface area contributed by atoms with Crippen molar-refractivity contribution >= 4 is 17.3 Å². The maximum absolute atomic E-state index is 12.9. The van der Waals surface area contributed by atoms with Gasteiger partial charge in [-0.25, -0.2) is 4.39 Å². The standard InChI is InChI=1S/C17H17FN2O4/c1-3-16(24-13-9-7-12(18)8-10-13)17(21)19-14-5-4-6-15(11(14)2)20(22)23/h4-10,16H,3H2,1-2H3,(H,19,21)/t16-/m0/s1. The fourth-order valence-corrected chi connectivity index (χ4v) is 2.17. The number of nitro groups is 1. The summed E-state index contributed by atoms with van der Waals surface area (Å²) in [6, 6.07) is 9.81. The van der Waals surface area contributed by atoms with Crippen LogP contribution in [0.25, 0.3) is 0 Å². The molecule has 0 aliphatic carbocycles. The fourth-order valence-electron chi connectivity index (χ4n) is 2.17. The van der Waals surface area contributed by atoms with Gasteiger partial charge >= 0.3 is 0 Å². The van der Waals surface area contributed by atoms with Crippen LogP contribution in [0.2, 0.25) is 0 Å². The van der Waals surface area contributed by atoms with Crippen LogP contribution in [0.1, 0.15) is 18.9 Å². The summed E-state index contributed by atoms with van der Waals surface area (Å²) in [5.41, 5.74) is 0.656. The van der Waals surface area contributed by atoms with Crippen LogP contribution in [-0.2, 0) is 4.79 Å². The highest BCUT2D eigenvalue weighted by atomic mass is 19.1. The number of halogens is 1. The molecule has 1 amide bonds. The van der Waals surface area contributed by atoms with Crippen molar-refractivity contribution in [2.24, 2.45) is 0 Å². The molecule has 0 radical (unpaired) electrons. The number of carbonyl (C=O) groups excluding carboxylic acids is 1. The highest BCUT2D eigenvalue weighted by Crippen LogP contribution is 2.25. The number of nitrogens with one attached hydrogen (secondary N) is 1. The summed E-state index contributed by atoms with van der Waals surface area (Å²) in [5, 5.41) is 13.6. The van der Waals surface area contributed by atoms with Gasteiger partial charge in [0.05, 0.1) is 16.2 Å². The zero-order valence-corrected chi connectivity index (χ0v) is 13.3. The smallest absolute Gasteiger partial charge is 0.274 e. The number of hydrogen-bond donors (Lipinski definition) is 1. The number of nitro benzene ring substituents is 1. The van der Waals surface area contributed by atoms with Crippen molar-refractivity contribution in [3.63, 3.8) is 0 Å². The second-order valence-electron chi connectivity index (χ2n) is 5.16. The Morgan fingerprint density at radius 2 is 1.96 bits per heavy atom. The van der Waals surface area contributed by atoms with Crippen LogP contribution in [0.4, 0.5) is 15.8 Å². The van der Waals surface area contributed by atoms with Gasteiger partial charge in [-0.3, -0.25) is 14.9 Å². The Bertz CT molecular complexity index is 747. The summed E-state index contributed by atoms with van der Waals surface area (Å²) >= 11 is 0. The van der Waals surface area contributed by atoms with Crippen molar-refractivity contribution in [2.45, 2.75) is 26.4 Å². The molecule has 0 bridgehead atoms. The third kappa shape index (κ3) is 4.07. The molecule has 0 aliphatic heterocycles. The molecule has 0 fully saturated rings. The lowest BCUT2D eigenvalue weighted by Gasteiger charge is -2.18. The minimum absolute atomic E-state index is 0.0692. The number of amides is 1. The fraction of sp³-hybridized carbons (Fsp3) is 0.235. The summed E-state index contributed by atoms with van der Waals surface area (Å²) < 4.78 is 18.5. The number of hydrogen-bond acceptors (Lipinski definition) is 4. The van der Waals surface area contributed by atoms with Crippen LogP contribution in [-0.4, -0.2) is 16.9 Å². The molecule has 24 heavy (non-hydrogen) atoms. The number of nitrogens with zero attached hydrogens (tertiary/aromatic N) is 1. The molecular weight excluding hydrogens is 315 g/mol. The lowest BCUT2D eigenvalue weighted by Crippen LogP contribution is -2.32. The molecule has 0 saturated carbocycles. The molecule has 2 rings (SSSR count). The molecule has 0 spiro atoms. The van der Waals surface area contributed by atoms with Gasteiger partial charge in [-0.2, -0.15) is 0 Å². The van der Waals surface area contributed by atoms with Crippen LogP contribution in [0.15, 0.2) is 42.5 Å². The lowest BCUT2D eigenvalue weighted by molar-refractivity contribution is -0.385. The number of ether oxygens (including phenoxy) is 1. The molecule has 0 unspecified atom stereocenters. The Balaban J connectivity index is 2.13.